The number of benzene rings is 3. The van der Waals surface area contributed by atoms with E-state index in [1.54, 1.807) is 36.4 Å². The molecular weight excluding hydrogens is 645 g/mol. The molecule has 3 unspecified atom stereocenters. The van der Waals surface area contributed by atoms with Crippen LogP contribution in [0.3, 0.4) is 0 Å². The van der Waals surface area contributed by atoms with Crippen LogP contribution < -0.4 is 0 Å². The first kappa shape index (κ1) is 44.8. The summed E-state index contributed by atoms with van der Waals surface area (Å²) in [7, 11) is 0. The number of hydrogen-bond donors (Lipinski definition) is 3. The van der Waals surface area contributed by atoms with E-state index < -0.39 is 16.8 Å². The number of halogens is 3. The van der Waals surface area contributed by atoms with Gasteiger partial charge in [0.05, 0.1) is 25.6 Å². The predicted octanol–water partition coefficient (Wildman–Crippen LogP) is 9.45. The quantitative estimate of drug-likeness (QED) is 0.0852. The second-order valence-corrected chi connectivity index (χ2v) is 12.3. The highest BCUT2D eigenvalue weighted by Gasteiger charge is 2.32. The van der Waals surface area contributed by atoms with Crippen molar-refractivity contribution in [2.24, 2.45) is 0 Å². The normalized spacial score (nSPS) is 14.5. The molecule has 0 radical (unpaired) electrons. The molecule has 0 aliphatic heterocycles. The minimum Gasteiger partial charge on any atom is -0.485 e. The summed E-state index contributed by atoms with van der Waals surface area (Å²) in [5.74, 6) is -0.237. The lowest BCUT2D eigenvalue weighted by molar-refractivity contribution is -0.0888. The average molecular weight is 705 g/mol. The molecule has 3 atom stereocenters. The molecule has 3 N–H and O–H groups in total. The Bertz CT molecular complexity index is 1320. The number of unbranched alkanes of at least 4 members (excludes halogenated alkanes) is 2. The molecule has 0 saturated carbocycles. The number of ether oxygens (including phenoxy) is 3. The topological polar surface area (TPSA) is 88.4 Å². The van der Waals surface area contributed by atoms with E-state index >= 15 is 0 Å². The second-order valence-electron chi connectivity index (χ2n) is 12.3. The van der Waals surface area contributed by atoms with Crippen LogP contribution in [-0.4, -0.2) is 48.4 Å². The van der Waals surface area contributed by atoms with Crippen molar-refractivity contribution >= 4 is 0 Å². The monoisotopic (exact) mass is 704 g/mol. The molecule has 50 heavy (non-hydrogen) atoms. The number of hydrogen-bond acceptors (Lipinski definition) is 6. The predicted molar refractivity (Wildman–Crippen MR) is 194 cm³/mol. The van der Waals surface area contributed by atoms with Crippen LogP contribution in [0, 0.1) is 17.5 Å². The van der Waals surface area contributed by atoms with Gasteiger partial charge in [0.15, 0.2) is 5.60 Å². The highest BCUT2D eigenvalue weighted by molar-refractivity contribution is 5.25. The van der Waals surface area contributed by atoms with Gasteiger partial charge in [0.1, 0.15) is 28.7 Å². The lowest BCUT2D eigenvalue weighted by atomic mass is 9.91. The van der Waals surface area contributed by atoms with E-state index in [1.807, 2.05) is 27.7 Å². The third-order valence-corrected chi connectivity index (χ3v) is 8.68. The molecule has 9 heteroatoms. The molecular formula is C41H59F3O6. The molecule has 0 spiro atoms. The number of aliphatic hydroxyl groups is 3. The standard InChI is InChI=1S/C14H19FO2.C14H21FO2.C13H19FO2/c1-4-11(3)17-14(5-2,10-16)12-6-8-13(15)9-7-12;1-3-5-10-17-14(4-2,11-16)12-6-8-13(15)9-7-12;1-3-4-9-16-13(2,10-15)11-5-7-12(14)8-6-11/h6-9,16H,3-5,10H2,1-2H3;6-9,16H,3-5,10-11H2,1-2H3;5-8,15H,3-4,9-10H2,1-2H3. The number of allylic oxidation sites excluding steroid dienone is 1. The zero-order chi connectivity index (χ0) is 37.6. The lowest BCUT2D eigenvalue weighted by Crippen LogP contribution is -2.33. The molecule has 0 aliphatic rings. The van der Waals surface area contributed by atoms with Crippen molar-refractivity contribution in [2.45, 2.75) is 103 Å². The fraction of sp³-hybridized carbons (Fsp3) is 0.512. The Morgan fingerprint density at radius 2 is 0.960 bits per heavy atom. The Morgan fingerprint density at radius 3 is 1.30 bits per heavy atom. The van der Waals surface area contributed by atoms with Crippen molar-refractivity contribution in [2.75, 3.05) is 33.0 Å². The van der Waals surface area contributed by atoms with E-state index in [1.165, 1.54) is 36.4 Å². The molecule has 0 aromatic heterocycles. The van der Waals surface area contributed by atoms with Gasteiger partial charge in [0, 0.05) is 19.6 Å². The Balaban J connectivity index is 0.000000375. The molecule has 3 rings (SSSR count). The van der Waals surface area contributed by atoms with Crippen LogP contribution in [0.4, 0.5) is 13.2 Å². The molecule has 280 valence electrons. The van der Waals surface area contributed by atoms with E-state index in [9.17, 15) is 28.5 Å². The molecule has 0 amide bonds. The summed E-state index contributed by atoms with van der Waals surface area (Å²) in [6, 6.07) is 18.2. The Kier molecular flexibility index (Phi) is 20.9. The fourth-order valence-electron chi connectivity index (χ4n) is 4.94. The summed E-state index contributed by atoms with van der Waals surface area (Å²) < 4.78 is 55.8. The minimum absolute atomic E-state index is 0.0845. The van der Waals surface area contributed by atoms with Gasteiger partial charge in [-0.25, -0.2) is 13.2 Å². The third-order valence-electron chi connectivity index (χ3n) is 8.68. The summed E-state index contributed by atoms with van der Waals surface area (Å²) in [5.41, 5.74) is 0.151. The van der Waals surface area contributed by atoms with Crippen LogP contribution in [0.15, 0.2) is 85.1 Å². The molecule has 0 bridgehead atoms. The highest BCUT2D eigenvalue weighted by atomic mass is 19.1. The van der Waals surface area contributed by atoms with Crippen molar-refractivity contribution in [3.63, 3.8) is 0 Å². The maximum atomic E-state index is 12.9. The van der Waals surface area contributed by atoms with E-state index in [4.69, 9.17) is 14.2 Å². The van der Waals surface area contributed by atoms with E-state index in [2.05, 4.69) is 20.4 Å². The smallest absolute Gasteiger partial charge is 0.156 e. The van der Waals surface area contributed by atoms with Gasteiger partial charge in [-0.05, 0) is 85.7 Å². The van der Waals surface area contributed by atoms with Crippen molar-refractivity contribution in [1.82, 2.24) is 0 Å². The van der Waals surface area contributed by atoms with Gasteiger partial charge in [-0.1, -0.05) is 90.4 Å². The summed E-state index contributed by atoms with van der Waals surface area (Å²) in [6.07, 6.45) is 5.95. The molecule has 0 fully saturated rings. The van der Waals surface area contributed by atoms with Crippen LogP contribution in [0.2, 0.25) is 0 Å². The van der Waals surface area contributed by atoms with E-state index in [0.29, 0.717) is 38.2 Å². The van der Waals surface area contributed by atoms with Crippen molar-refractivity contribution in [3.8, 4) is 0 Å². The minimum atomic E-state index is -0.819. The zero-order valence-electron chi connectivity index (χ0n) is 30.8. The molecule has 3 aromatic rings. The van der Waals surface area contributed by atoms with Crippen molar-refractivity contribution in [3.05, 3.63) is 119 Å². The summed E-state index contributed by atoms with van der Waals surface area (Å²) in [5, 5.41) is 28.6. The van der Waals surface area contributed by atoms with E-state index in [-0.39, 0.29) is 37.3 Å². The van der Waals surface area contributed by atoms with E-state index in [0.717, 1.165) is 42.4 Å². The largest absolute Gasteiger partial charge is 0.485 e. The van der Waals surface area contributed by atoms with Gasteiger partial charge in [0.25, 0.3) is 0 Å². The second kappa shape index (κ2) is 23.3. The maximum Gasteiger partial charge on any atom is 0.156 e. The van der Waals surface area contributed by atoms with Crippen LogP contribution in [0.1, 0.15) is 103 Å². The van der Waals surface area contributed by atoms with Crippen molar-refractivity contribution < 1.29 is 42.7 Å². The Morgan fingerprint density at radius 1 is 0.580 bits per heavy atom. The molecule has 0 aliphatic carbocycles. The van der Waals surface area contributed by atoms with Gasteiger partial charge in [0.2, 0.25) is 0 Å². The summed E-state index contributed by atoms with van der Waals surface area (Å²) >= 11 is 0. The summed E-state index contributed by atoms with van der Waals surface area (Å²) in [4.78, 5) is 0. The lowest BCUT2D eigenvalue weighted by Gasteiger charge is -2.33. The van der Waals surface area contributed by atoms with Gasteiger partial charge < -0.3 is 29.5 Å². The van der Waals surface area contributed by atoms with Crippen LogP contribution in [0.5, 0.6) is 0 Å². The van der Waals surface area contributed by atoms with Gasteiger partial charge in [-0.15, -0.1) is 0 Å². The first-order valence-electron chi connectivity index (χ1n) is 17.6. The number of aliphatic hydroxyl groups excluding tert-OH is 3. The Hall–Kier alpha value is -3.21. The van der Waals surface area contributed by atoms with Crippen LogP contribution in [0.25, 0.3) is 0 Å². The van der Waals surface area contributed by atoms with Crippen molar-refractivity contribution in [1.29, 1.82) is 0 Å². The fourth-order valence-corrected chi connectivity index (χ4v) is 4.94. The first-order chi connectivity index (χ1) is 23.9. The first-order valence-corrected chi connectivity index (χ1v) is 17.6. The van der Waals surface area contributed by atoms with Gasteiger partial charge in [-0.2, -0.15) is 0 Å². The van der Waals surface area contributed by atoms with Crippen LogP contribution in [-0.2, 0) is 31.0 Å². The SMILES string of the molecule is C=C(CC)OC(CC)(CO)c1ccc(F)cc1.CCCCOC(C)(CO)c1ccc(F)cc1.CCCCOC(CC)(CO)c1ccc(F)cc1. The molecule has 6 nitrogen and oxygen atoms in total. The highest BCUT2D eigenvalue weighted by Crippen LogP contribution is 2.32. The zero-order valence-corrected chi connectivity index (χ0v) is 30.8. The van der Waals surface area contributed by atoms with Gasteiger partial charge in [-0.3, -0.25) is 0 Å². The molecule has 0 saturated heterocycles. The third kappa shape index (κ3) is 13.8. The number of rotatable bonds is 19. The van der Waals surface area contributed by atoms with Gasteiger partial charge >= 0.3 is 0 Å². The maximum absolute atomic E-state index is 12.9. The molecule has 3 aromatic carbocycles. The average Bonchev–Trinajstić information content (AvgIpc) is 3.14. The summed E-state index contributed by atoms with van der Waals surface area (Å²) in [6.45, 7) is 16.5. The Labute approximate surface area is 297 Å². The van der Waals surface area contributed by atoms with Crippen LogP contribution >= 0.6 is 0 Å². The molecule has 0 heterocycles.